The molecule has 0 aliphatic carbocycles. The van der Waals surface area contributed by atoms with Gasteiger partial charge in [-0.2, -0.15) is 0 Å². The molecular weight excluding hydrogens is 310 g/mol. The Bertz CT molecular complexity index is 788. The summed E-state index contributed by atoms with van der Waals surface area (Å²) in [4.78, 5) is 15.4. The van der Waals surface area contributed by atoms with Crippen molar-refractivity contribution in [3.05, 3.63) is 65.2 Å². The summed E-state index contributed by atoms with van der Waals surface area (Å²) in [6, 6.07) is 16.4. The van der Waals surface area contributed by atoms with Crippen LogP contribution >= 0.6 is 0 Å². The molecular formula is C21H25N3O. The first-order valence-electron chi connectivity index (χ1n) is 9.07. The fourth-order valence-electron chi connectivity index (χ4n) is 4.32. The lowest BCUT2D eigenvalue weighted by molar-refractivity contribution is -0.134. The second-order valence-electron chi connectivity index (χ2n) is 7.42. The molecule has 2 aliphatic heterocycles. The van der Waals surface area contributed by atoms with Crippen LogP contribution in [-0.2, 0) is 24.3 Å². The highest BCUT2D eigenvalue weighted by atomic mass is 16.2. The molecule has 1 saturated heterocycles. The predicted molar refractivity (Wildman–Crippen MR) is 99.8 cm³/mol. The minimum atomic E-state index is -0.325. The van der Waals surface area contributed by atoms with Crippen LogP contribution in [0.2, 0.25) is 0 Å². The molecule has 1 atom stereocenters. The number of nitrogen functional groups attached to an aromatic ring is 1. The molecule has 0 aromatic heterocycles. The van der Waals surface area contributed by atoms with Gasteiger partial charge in [-0.15, -0.1) is 0 Å². The van der Waals surface area contributed by atoms with E-state index in [0.29, 0.717) is 6.54 Å². The van der Waals surface area contributed by atoms with E-state index < -0.39 is 0 Å². The number of nitrogens with one attached hydrogen (secondary N) is 1. The van der Waals surface area contributed by atoms with Crippen molar-refractivity contribution in [1.82, 2.24) is 10.2 Å². The molecule has 1 unspecified atom stereocenters. The molecule has 4 rings (SSSR count). The van der Waals surface area contributed by atoms with Crippen molar-refractivity contribution < 1.29 is 4.79 Å². The Balaban J connectivity index is 1.58. The second kappa shape index (κ2) is 6.52. The number of para-hydroxylation sites is 1. The molecule has 3 N–H and O–H groups in total. The fourth-order valence-corrected chi connectivity index (χ4v) is 4.32. The van der Waals surface area contributed by atoms with Crippen LogP contribution in [0.5, 0.6) is 0 Å². The third-order valence-corrected chi connectivity index (χ3v) is 5.67. The molecule has 1 fully saturated rings. The Morgan fingerprint density at radius 1 is 1.08 bits per heavy atom. The van der Waals surface area contributed by atoms with Gasteiger partial charge in [0.05, 0.1) is 5.41 Å². The minimum absolute atomic E-state index is 0.203. The Morgan fingerprint density at radius 2 is 1.84 bits per heavy atom. The third-order valence-electron chi connectivity index (χ3n) is 5.67. The number of piperidine rings is 1. The van der Waals surface area contributed by atoms with E-state index in [2.05, 4.69) is 34.5 Å². The first-order valence-corrected chi connectivity index (χ1v) is 9.07. The van der Waals surface area contributed by atoms with E-state index in [4.69, 9.17) is 5.73 Å². The van der Waals surface area contributed by atoms with Gasteiger partial charge in [0, 0.05) is 25.3 Å². The largest absolute Gasteiger partial charge is 0.398 e. The van der Waals surface area contributed by atoms with Gasteiger partial charge in [-0.1, -0.05) is 42.5 Å². The molecule has 25 heavy (non-hydrogen) atoms. The van der Waals surface area contributed by atoms with E-state index in [1.165, 1.54) is 11.1 Å². The molecule has 2 aliphatic rings. The van der Waals surface area contributed by atoms with E-state index in [9.17, 15) is 4.79 Å². The number of likely N-dealkylation sites (tertiary alicyclic amines) is 1. The van der Waals surface area contributed by atoms with Crippen LogP contribution in [0.25, 0.3) is 0 Å². The Labute approximate surface area is 149 Å². The molecule has 4 heteroatoms. The van der Waals surface area contributed by atoms with E-state index in [1.54, 1.807) is 0 Å². The minimum Gasteiger partial charge on any atom is -0.398 e. The maximum Gasteiger partial charge on any atom is 0.228 e. The van der Waals surface area contributed by atoms with Gasteiger partial charge in [0.2, 0.25) is 5.91 Å². The Kier molecular flexibility index (Phi) is 4.22. The summed E-state index contributed by atoms with van der Waals surface area (Å²) in [6.45, 7) is 3.26. The highest BCUT2D eigenvalue weighted by molar-refractivity contribution is 5.84. The van der Waals surface area contributed by atoms with Gasteiger partial charge in [0.25, 0.3) is 0 Å². The van der Waals surface area contributed by atoms with Crippen molar-refractivity contribution in [1.29, 1.82) is 0 Å². The number of anilines is 1. The molecule has 0 bridgehead atoms. The number of hydrogen-bond donors (Lipinski definition) is 2. The van der Waals surface area contributed by atoms with Crippen LogP contribution in [0.4, 0.5) is 5.69 Å². The van der Waals surface area contributed by atoms with Crippen molar-refractivity contribution in [3.8, 4) is 0 Å². The van der Waals surface area contributed by atoms with Crippen LogP contribution in [0.1, 0.15) is 29.5 Å². The summed E-state index contributed by atoms with van der Waals surface area (Å²) in [5, 5.41) is 3.17. The van der Waals surface area contributed by atoms with Crippen LogP contribution in [0.15, 0.2) is 48.5 Å². The summed E-state index contributed by atoms with van der Waals surface area (Å²) in [5.74, 6) is 0.203. The standard InChI is InChI=1S/C21H25N3O/c22-19-9-4-3-8-18(19)14-24-11-5-10-21(15-24)12-16-6-1-2-7-17(16)13-23-20(21)25/h1-4,6-9H,5,10-15,22H2,(H,23,25). The summed E-state index contributed by atoms with van der Waals surface area (Å²) in [5.41, 5.74) is 10.3. The monoisotopic (exact) mass is 335 g/mol. The molecule has 2 aromatic carbocycles. The number of carbonyl (C=O) groups is 1. The highest BCUT2D eigenvalue weighted by Gasteiger charge is 2.43. The second-order valence-corrected chi connectivity index (χ2v) is 7.42. The Hall–Kier alpha value is -2.33. The quantitative estimate of drug-likeness (QED) is 0.830. The lowest BCUT2D eigenvalue weighted by Gasteiger charge is -2.41. The molecule has 0 radical (unpaired) electrons. The third kappa shape index (κ3) is 3.14. The van der Waals surface area contributed by atoms with Gasteiger partial charge >= 0.3 is 0 Å². The summed E-state index contributed by atoms with van der Waals surface area (Å²) < 4.78 is 0. The van der Waals surface area contributed by atoms with Crippen molar-refractivity contribution in [2.75, 3.05) is 18.8 Å². The van der Waals surface area contributed by atoms with Crippen LogP contribution in [0.3, 0.4) is 0 Å². The molecule has 2 aromatic rings. The zero-order valence-electron chi connectivity index (χ0n) is 14.5. The van der Waals surface area contributed by atoms with E-state index >= 15 is 0 Å². The zero-order chi connectivity index (χ0) is 17.3. The van der Waals surface area contributed by atoms with Crippen molar-refractivity contribution in [3.63, 3.8) is 0 Å². The number of benzene rings is 2. The number of nitrogens with two attached hydrogens (primary N) is 1. The smallest absolute Gasteiger partial charge is 0.228 e. The van der Waals surface area contributed by atoms with E-state index in [-0.39, 0.29) is 11.3 Å². The number of rotatable bonds is 2. The number of amides is 1. The number of hydrogen-bond acceptors (Lipinski definition) is 3. The number of nitrogens with zero attached hydrogens (tertiary/aromatic N) is 1. The summed E-state index contributed by atoms with van der Waals surface area (Å²) >= 11 is 0. The Morgan fingerprint density at radius 3 is 2.68 bits per heavy atom. The van der Waals surface area contributed by atoms with E-state index in [0.717, 1.165) is 50.1 Å². The van der Waals surface area contributed by atoms with Gasteiger partial charge in [-0.3, -0.25) is 9.69 Å². The van der Waals surface area contributed by atoms with Gasteiger partial charge in [-0.25, -0.2) is 0 Å². The highest BCUT2D eigenvalue weighted by Crippen LogP contribution is 2.37. The topological polar surface area (TPSA) is 58.4 Å². The SMILES string of the molecule is Nc1ccccc1CN1CCCC2(Cc3ccccc3CNC2=O)C1. The number of carbonyl (C=O) groups excluding carboxylic acids is 1. The van der Waals surface area contributed by atoms with Crippen molar-refractivity contribution >= 4 is 11.6 Å². The van der Waals surface area contributed by atoms with Crippen LogP contribution in [0, 0.1) is 5.41 Å². The fraction of sp³-hybridized carbons (Fsp3) is 0.381. The first-order chi connectivity index (χ1) is 12.2. The van der Waals surface area contributed by atoms with Crippen LogP contribution in [-0.4, -0.2) is 23.9 Å². The molecule has 0 saturated carbocycles. The maximum atomic E-state index is 13.0. The van der Waals surface area contributed by atoms with Crippen molar-refractivity contribution in [2.45, 2.75) is 32.4 Å². The van der Waals surface area contributed by atoms with Crippen LogP contribution < -0.4 is 11.1 Å². The van der Waals surface area contributed by atoms with Crippen molar-refractivity contribution in [2.24, 2.45) is 5.41 Å². The van der Waals surface area contributed by atoms with Gasteiger partial charge in [-0.05, 0) is 48.6 Å². The lowest BCUT2D eigenvalue weighted by Crippen LogP contribution is -2.51. The molecule has 1 amide bonds. The van der Waals surface area contributed by atoms with Gasteiger partial charge in [0.1, 0.15) is 0 Å². The average Bonchev–Trinajstić information content (AvgIpc) is 2.75. The lowest BCUT2D eigenvalue weighted by atomic mass is 9.74. The summed E-state index contributed by atoms with van der Waals surface area (Å²) in [7, 11) is 0. The molecule has 2 heterocycles. The predicted octanol–water partition coefficient (Wildman–Crippen LogP) is 2.72. The molecule has 130 valence electrons. The zero-order valence-corrected chi connectivity index (χ0v) is 14.5. The van der Waals surface area contributed by atoms with E-state index in [1.807, 2.05) is 24.3 Å². The van der Waals surface area contributed by atoms with Gasteiger partial charge in [0.15, 0.2) is 0 Å². The van der Waals surface area contributed by atoms with Gasteiger partial charge < -0.3 is 11.1 Å². The normalized spacial score (nSPS) is 23.8. The molecule has 1 spiro atoms. The average molecular weight is 335 g/mol. The summed E-state index contributed by atoms with van der Waals surface area (Å²) in [6.07, 6.45) is 2.83. The number of fused-ring (bicyclic) bond motifs is 1. The first kappa shape index (κ1) is 16.2. The molecule has 4 nitrogen and oxygen atoms in total. The maximum absolute atomic E-state index is 13.0.